The van der Waals surface area contributed by atoms with Crippen LogP contribution in [0.1, 0.15) is 6.42 Å². The van der Waals surface area contributed by atoms with Crippen LogP contribution >= 0.6 is 0 Å². The van der Waals surface area contributed by atoms with Crippen molar-refractivity contribution in [3.63, 3.8) is 0 Å². The van der Waals surface area contributed by atoms with Gasteiger partial charge in [0.05, 0.1) is 0 Å². The average Bonchev–Trinajstić information content (AvgIpc) is 2.77. The smallest absolute Gasteiger partial charge is 0.253 e. The molecular weight excluding hydrogens is 366 g/mol. The molecule has 0 aliphatic carbocycles. The molecule has 7 heteroatoms. The van der Waals surface area contributed by atoms with Gasteiger partial charge < -0.3 is 24.9 Å². The number of hydrogen-bond acceptors (Lipinski definition) is 7. The lowest BCUT2D eigenvalue weighted by molar-refractivity contribution is 0.154. The highest BCUT2D eigenvalue weighted by Crippen LogP contribution is 2.23. The molecule has 0 amide bonds. The molecule has 0 radical (unpaired) electrons. The van der Waals surface area contributed by atoms with Crippen LogP contribution in [0, 0.1) is 0 Å². The second-order valence-corrected chi connectivity index (χ2v) is 8.12. The van der Waals surface area contributed by atoms with Crippen molar-refractivity contribution in [2.24, 2.45) is 0 Å². The molecule has 0 aromatic heterocycles. The standard InChI is InChI=1S/C22H31N5O2/c1-24-10-12-25(13-11-24)9-5-8-23-19-20(22(29)21(19)28)27-16-14-26(15-17-27)18-6-3-2-4-7-18/h2-4,6-7,23H,5,8-17H2,1H3. The highest BCUT2D eigenvalue weighted by atomic mass is 16.2. The third-order valence-electron chi connectivity index (χ3n) is 6.15. The highest BCUT2D eigenvalue weighted by molar-refractivity contribution is 5.75. The van der Waals surface area contributed by atoms with E-state index in [0.29, 0.717) is 11.4 Å². The Bertz CT molecular complexity index is 861. The van der Waals surface area contributed by atoms with Crippen LogP contribution in [-0.2, 0) is 0 Å². The minimum absolute atomic E-state index is 0.334. The van der Waals surface area contributed by atoms with Crippen LogP contribution in [0.4, 0.5) is 17.1 Å². The zero-order chi connectivity index (χ0) is 20.2. The molecule has 2 fully saturated rings. The lowest BCUT2D eigenvalue weighted by Gasteiger charge is -2.38. The number of piperazine rings is 2. The lowest BCUT2D eigenvalue weighted by Crippen LogP contribution is -2.51. The van der Waals surface area contributed by atoms with Crippen LogP contribution in [0.5, 0.6) is 0 Å². The second kappa shape index (κ2) is 8.97. The normalized spacial score (nSPS) is 19.1. The molecule has 2 saturated heterocycles. The van der Waals surface area contributed by atoms with Crippen molar-refractivity contribution < 1.29 is 0 Å². The van der Waals surface area contributed by atoms with Crippen LogP contribution in [0.25, 0.3) is 0 Å². The lowest BCUT2D eigenvalue weighted by atomic mass is 10.1. The second-order valence-electron chi connectivity index (χ2n) is 8.12. The Morgan fingerprint density at radius 1 is 0.828 bits per heavy atom. The van der Waals surface area contributed by atoms with Crippen molar-refractivity contribution in [1.29, 1.82) is 0 Å². The summed E-state index contributed by atoms with van der Waals surface area (Å²) >= 11 is 0. The summed E-state index contributed by atoms with van der Waals surface area (Å²) in [6, 6.07) is 10.3. The Morgan fingerprint density at radius 3 is 2.17 bits per heavy atom. The van der Waals surface area contributed by atoms with E-state index in [9.17, 15) is 9.59 Å². The predicted octanol–water partition coefficient (Wildman–Crippen LogP) is 0.659. The number of benzene rings is 1. The number of para-hydroxylation sites is 1. The van der Waals surface area contributed by atoms with Crippen molar-refractivity contribution in [3.05, 3.63) is 50.8 Å². The maximum atomic E-state index is 12.2. The molecule has 29 heavy (non-hydrogen) atoms. The molecule has 0 bridgehead atoms. The molecule has 0 saturated carbocycles. The molecular formula is C22H31N5O2. The molecule has 7 nitrogen and oxygen atoms in total. The van der Waals surface area contributed by atoms with Gasteiger partial charge in [-0.25, -0.2) is 0 Å². The van der Waals surface area contributed by atoms with Crippen molar-refractivity contribution in [2.45, 2.75) is 6.42 Å². The Hall–Kier alpha value is -2.38. The van der Waals surface area contributed by atoms with Crippen LogP contribution in [-0.4, -0.2) is 82.3 Å². The van der Waals surface area contributed by atoms with Gasteiger partial charge in [-0.2, -0.15) is 0 Å². The van der Waals surface area contributed by atoms with Gasteiger partial charge in [0, 0.05) is 64.6 Å². The summed E-state index contributed by atoms with van der Waals surface area (Å²) in [4.78, 5) is 33.5. The molecule has 2 aromatic carbocycles. The number of nitrogens with one attached hydrogen (secondary N) is 1. The van der Waals surface area contributed by atoms with Crippen LogP contribution in [0.2, 0.25) is 0 Å². The average molecular weight is 398 g/mol. The van der Waals surface area contributed by atoms with Crippen LogP contribution in [0.3, 0.4) is 0 Å². The predicted molar refractivity (Wildman–Crippen MR) is 119 cm³/mol. The molecule has 2 aliphatic rings. The fourth-order valence-electron chi connectivity index (χ4n) is 4.26. The van der Waals surface area contributed by atoms with Gasteiger partial charge in [-0.05, 0) is 32.1 Å². The van der Waals surface area contributed by atoms with Gasteiger partial charge in [-0.1, -0.05) is 18.2 Å². The molecule has 4 rings (SSSR count). The van der Waals surface area contributed by atoms with E-state index in [1.807, 2.05) is 18.2 Å². The Labute approximate surface area is 172 Å². The SMILES string of the molecule is CN1CCN(CCCNc2c(N3CCN(c4ccccc4)CC3)c(=O)c2=O)CC1. The molecule has 2 heterocycles. The summed E-state index contributed by atoms with van der Waals surface area (Å²) in [5, 5.41) is 3.25. The summed E-state index contributed by atoms with van der Waals surface area (Å²) in [5.41, 5.74) is 1.65. The quantitative estimate of drug-likeness (QED) is 0.544. The number of nitrogens with zero attached hydrogens (tertiary/aromatic N) is 4. The van der Waals surface area contributed by atoms with Gasteiger partial charge in [0.15, 0.2) is 0 Å². The monoisotopic (exact) mass is 397 g/mol. The van der Waals surface area contributed by atoms with Gasteiger partial charge in [-0.15, -0.1) is 0 Å². The first-order valence-electron chi connectivity index (χ1n) is 10.7. The molecule has 2 aliphatic heterocycles. The fraction of sp³-hybridized carbons (Fsp3) is 0.545. The molecule has 0 unspecified atom stereocenters. The van der Waals surface area contributed by atoms with E-state index in [4.69, 9.17) is 0 Å². The fourth-order valence-corrected chi connectivity index (χ4v) is 4.26. The van der Waals surface area contributed by atoms with E-state index in [0.717, 1.165) is 71.9 Å². The number of anilines is 3. The minimum atomic E-state index is -0.356. The largest absolute Gasteiger partial charge is 0.380 e. The van der Waals surface area contributed by atoms with Crippen LogP contribution in [0.15, 0.2) is 39.9 Å². The molecule has 2 aromatic rings. The van der Waals surface area contributed by atoms with Crippen molar-refractivity contribution >= 4 is 17.1 Å². The molecule has 0 atom stereocenters. The van der Waals surface area contributed by atoms with Crippen molar-refractivity contribution in [2.75, 3.05) is 87.6 Å². The number of rotatable bonds is 7. The molecule has 0 spiro atoms. The molecule has 156 valence electrons. The van der Waals surface area contributed by atoms with E-state index in [1.165, 1.54) is 5.69 Å². The van der Waals surface area contributed by atoms with E-state index in [2.05, 4.69) is 44.1 Å². The zero-order valence-electron chi connectivity index (χ0n) is 17.3. The van der Waals surface area contributed by atoms with E-state index < -0.39 is 0 Å². The zero-order valence-corrected chi connectivity index (χ0v) is 17.3. The Morgan fingerprint density at radius 2 is 1.48 bits per heavy atom. The third kappa shape index (κ3) is 4.46. The van der Waals surface area contributed by atoms with Gasteiger partial charge in [0.2, 0.25) is 0 Å². The topological polar surface area (TPSA) is 59.1 Å². The van der Waals surface area contributed by atoms with E-state index in [-0.39, 0.29) is 10.9 Å². The number of hydrogen-bond donors (Lipinski definition) is 1. The maximum Gasteiger partial charge on any atom is 0.253 e. The van der Waals surface area contributed by atoms with Crippen molar-refractivity contribution in [1.82, 2.24) is 9.80 Å². The van der Waals surface area contributed by atoms with Gasteiger partial charge in [0.25, 0.3) is 10.9 Å². The first-order valence-corrected chi connectivity index (χ1v) is 10.7. The minimum Gasteiger partial charge on any atom is -0.380 e. The first kappa shape index (κ1) is 19.9. The van der Waals surface area contributed by atoms with Gasteiger partial charge >= 0.3 is 0 Å². The van der Waals surface area contributed by atoms with Crippen LogP contribution < -0.4 is 26.0 Å². The summed E-state index contributed by atoms with van der Waals surface area (Å²) in [6.45, 7) is 9.43. The van der Waals surface area contributed by atoms with Crippen molar-refractivity contribution in [3.8, 4) is 0 Å². The number of likely N-dealkylation sites (N-methyl/N-ethyl adjacent to an activating group) is 1. The Balaban J connectivity index is 1.27. The first-order chi connectivity index (χ1) is 14.1. The summed E-state index contributed by atoms with van der Waals surface area (Å²) in [6.07, 6.45) is 0.976. The summed E-state index contributed by atoms with van der Waals surface area (Å²) < 4.78 is 0. The highest BCUT2D eigenvalue weighted by Gasteiger charge is 2.28. The Kier molecular flexibility index (Phi) is 6.16. The summed E-state index contributed by atoms with van der Waals surface area (Å²) in [5.74, 6) is 0. The molecule has 1 N–H and O–H groups in total. The van der Waals surface area contributed by atoms with Gasteiger partial charge in [-0.3, -0.25) is 9.59 Å². The third-order valence-corrected chi connectivity index (χ3v) is 6.15. The maximum absolute atomic E-state index is 12.2. The van der Waals surface area contributed by atoms with Gasteiger partial charge in [0.1, 0.15) is 11.4 Å². The van der Waals surface area contributed by atoms with E-state index >= 15 is 0 Å². The summed E-state index contributed by atoms with van der Waals surface area (Å²) in [7, 11) is 2.16. The van der Waals surface area contributed by atoms with E-state index in [1.54, 1.807) is 0 Å².